The van der Waals surface area contributed by atoms with Gasteiger partial charge in [0.05, 0.1) is 0 Å². The fourth-order valence-corrected chi connectivity index (χ4v) is 4.19. The summed E-state index contributed by atoms with van der Waals surface area (Å²) in [5.74, 6) is 1.83. The molecule has 0 spiro atoms. The van der Waals surface area contributed by atoms with Crippen molar-refractivity contribution in [1.29, 1.82) is 0 Å². The molecule has 4 rings (SSSR count). The van der Waals surface area contributed by atoms with E-state index in [0.29, 0.717) is 39.9 Å². The number of amides is 1. The van der Waals surface area contributed by atoms with Crippen LogP contribution < -0.4 is 14.8 Å². The second kappa shape index (κ2) is 9.41. The monoisotopic (exact) mass is 452 g/mol. The lowest BCUT2D eigenvalue weighted by atomic mass is 10.3. The number of hydrogen-bond acceptors (Lipinski definition) is 4. The molecule has 1 unspecified atom stereocenters. The van der Waals surface area contributed by atoms with Crippen LogP contribution in [0.2, 0.25) is 10.0 Å². The number of likely N-dealkylation sites (tertiary alicyclic amines) is 1. The number of carbonyl (C=O) groups excluding carboxylic acids is 1. The Morgan fingerprint density at radius 1 is 1.00 bits per heavy atom. The van der Waals surface area contributed by atoms with Gasteiger partial charge in [-0.15, -0.1) is 0 Å². The van der Waals surface area contributed by atoms with E-state index < -0.39 is 6.17 Å². The molecule has 2 aromatic rings. The zero-order chi connectivity index (χ0) is 21.1. The SMILES string of the molecule is O=C(COc1ccc(Cl)cc1)N[C@@H]1[C@@H]2CN(CC(F)COc3ccc(Cl)cc3)C[C@@H]21. The summed E-state index contributed by atoms with van der Waals surface area (Å²) < 4.78 is 25.2. The van der Waals surface area contributed by atoms with Gasteiger partial charge in [0.15, 0.2) is 6.61 Å². The number of ether oxygens (including phenoxy) is 2. The molecule has 8 heteroatoms. The summed E-state index contributed by atoms with van der Waals surface area (Å²) in [6, 6.07) is 13.9. The summed E-state index contributed by atoms with van der Waals surface area (Å²) in [5.41, 5.74) is 0. The Labute approximate surface area is 185 Å². The summed E-state index contributed by atoms with van der Waals surface area (Å²) in [5, 5.41) is 4.26. The lowest BCUT2D eigenvalue weighted by Gasteiger charge is -2.22. The molecule has 1 aliphatic heterocycles. The maximum Gasteiger partial charge on any atom is 0.258 e. The van der Waals surface area contributed by atoms with Crippen LogP contribution in [0.1, 0.15) is 0 Å². The fourth-order valence-electron chi connectivity index (χ4n) is 3.93. The molecular weight excluding hydrogens is 430 g/mol. The van der Waals surface area contributed by atoms with Crippen molar-refractivity contribution in [2.75, 3.05) is 32.8 Å². The van der Waals surface area contributed by atoms with E-state index in [0.717, 1.165) is 13.1 Å². The van der Waals surface area contributed by atoms with Gasteiger partial charge in [-0.2, -0.15) is 0 Å². The third-order valence-corrected chi connectivity index (χ3v) is 5.99. The quantitative estimate of drug-likeness (QED) is 0.627. The van der Waals surface area contributed by atoms with Crippen LogP contribution in [0.25, 0.3) is 0 Å². The first kappa shape index (κ1) is 21.2. The average molecular weight is 453 g/mol. The molecule has 4 atom stereocenters. The molecular formula is C22H23Cl2FN2O3. The van der Waals surface area contributed by atoms with E-state index in [9.17, 15) is 9.18 Å². The average Bonchev–Trinajstić information content (AvgIpc) is 3.16. The van der Waals surface area contributed by atoms with E-state index in [1.54, 1.807) is 48.5 Å². The number of rotatable bonds is 9. The van der Waals surface area contributed by atoms with Crippen molar-refractivity contribution in [3.8, 4) is 11.5 Å². The molecule has 2 aliphatic rings. The molecule has 1 saturated carbocycles. The minimum atomic E-state index is -1.07. The number of fused-ring (bicyclic) bond motifs is 1. The smallest absolute Gasteiger partial charge is 0.258 e. The van der Waals surface area contributed by atoms with E-state index in [1.807, 2.05) is 0 Å². The van der Waals surface area contributed by atoms with E-state index in [4.69, 9.17) is 32.7 Å². The van der Waals surface area contributed by atoms with Gasteiger partial charge in [-0.1, -0.05) is 23.2 Å². The number of benzene rings is 2. The second-order valence-electron chi connectivity index (χ2n) is 7.74. The largest absolute Gasteiger partial charge is 0.491 e. The molecule has 160 valence electrons. The minimum absolute atomic E-state index is 0.00959. The number of nitrogens with zero attached hydrogens (tertiary/aromatic N) is 1. The molecule has 5 nitrogen and oxygen atoms in total. The number of alkyl halides is 1. The number of hydrogen-bond donors (Lipinski definition) is 1. The van der Waals surface area contributed by atoms with Crippen LogP contribution >= 0.6 is 23.2 Å². The Bertz CT molecular complexity index is 854. The van der Waals surface area contributed by atoms with Crippen molar-refractivity contribution in [3.05, 3.63) is 58.6 Å². The van der Waals surface area contributed by atoms with Crippen molar-refractivity contribution in [2.24, 2.45) is 11.8 Å². The predicted molar refractivity (Wildman–Crippen MR) is 114 cm³/mol. The number of halogens is 3. The van der Waals surface area contributed by atoms with E-state index in [2.05, 4.69) is 10.2 Å². The second-order valence-corrected chi connectivity index (χ2v) is 8.62. The van der Waals surface area contributed by atoms with Crippen LogP contribution in [-0.4, -0.2) is 55.9 Å². The van der Waals surface area contributed by atoms with Crippen LogP contribution in [0.5, 0.6) is 11.5 Å². The fraction of sp³-hybridized carbons (Fsp3) is 0.409. The Kier molecular flexibility index (Phi) is 6.66. The Morgan fingerprint density at radius 2 is 1.53 bits per heavy atom. The number of nitrogens with one attached hydrogen (secondary N) is 1. The third kappa shape index (κ3) is 5.56. The first-order chi connectivity index (χ1) is 14.5. The van der Waals surface area contributed by atoms with Gasteiger partial charge in [0.1, 0.15) is 24.3 Å². The maximum atomic E-state index is 14.3. The van der Waals surface area contributed by atoms with Gasteiger partial charge in [-0.25, -0.2) is 4.39 Å². The highest BCUT2D eigenvalue weighted by molar-refractivity contribution is 6.30. The zero-order valence-electron chi connectivity index (χ0n) is 16.3. The lowest BCUT2D eigenvalue weighted by molar-refractivity contribution is -0.123. The van der Waals surface area contributed by atoms with Gasteiger partial charge in [0, 0.05) is 35.7 Å². The van der Waals surface area contributed by atoms with Crippen LogP contribution in [0, 0.1) is 11.8 Å². The lowest BCUT2D eigenvalue weighted by Crippen LogP contribution is -2.39. The minimum Gasteiger partial charge on any atom is -0.491 e. The molecule has 0 bridgehead atoms. The highest BCUT2D eigenvalue weighted by atomic mass is 35.5. The Balaban J connectivity index is 1.12. The molecule has 1 aliphatic carbocycles. The highest BCUT2D eigenvalue weighted by Crippen LogP contribution is 2.45. The van der Waals surface area contributed by atoms with Crippen LogP contribution in [0.3, 0.4) is 0 Å². The van der Waals surface area contributed by atoms with Gasteiger partial charge >= 0.3 is 0 Å². The molecule has 0 aromatic heterocycles. The normalized spacial score (nSPS) is 23.5. The number of piperidine rings is 1. The van der Waals surface area contributed by atoms with Crippen molar-refractivity contribution >= 4 is 29.1 Å². The predicted octanol–water partition coefficient (Wildman–Crippen LogP) is 3.84. The highest BCUT2D eigenvalue weighted by Gasteiger charge is 2.56. The molecule has 1 heterocycles. The third-order valence-electron chi connectivity index (χ3n) is 5.48. The van der Waals surface area contributed by atoms with E-state index in [1.165, 1.54) is 0 Å². The summed E-state index contributed by atoms with van der Waals surface area (Å²) in [6.45, 7) is 1.89. The first-order valence-electron chi connectivity index (χ1n) is 9.90. The van der Waals surface area contributed by atoms with Crippen LogP contribution in [0.4, 0.5) is 4.39 Å². The molecule has 2 aromatic carbocycles. The van der Waals surface area contributed by atoms with E-state index in [-0.39, 0.29) is 25.2 Å². The standard InChI is InChI=1S/C22H23Cl2FN2O3/c23-14-1-5-17(6-2-14)29-12-16(25)9-27-10-19-20(11-27)22(19)26-21(28)13-30-18-7-3-15(24)4-8-18/h1-8,16,19-20,22H,9-13H2,(H,26,28)/t16?,19-,20+,22-. The summed E-state index contributed by atoms with van der Waals surface area (Å²) in [4.78, 5) is 14.2. The van der Waals surface area contributed by atoms with Crippen molar-refractivity contribution in [1.82, 2.24) is 10.2 Å². The Morgan fingerprint density at radius 3 is 2.10 bits per heavy atom. The van der Waals surface area contributed by atoms with E-state index >= 15 is 0 Å². The summed E-state index contributed by atoms with van der Waals surface area (Å²) in [7, 11) is 0. The molecule has 1 amide bonds. The molecule has 1 N–H and O–H groups in total. The van der Waals surface area contributed by atoms with Gasteiger partial charge in [-0.05, 0) is 60.4 Å². The van der Waals surface area contributed by atoms with Crippen LogP contribution in [0.15, 0.2) is 48.5 Å². The molecule has 30 heavy (non-hydrogen) atoms. The topological polar surface area (TPSA) is 50.8 Å². The maximum absolute atomic E-state index is 14.3. The van der Waals surface area contributed by atoms with Gasteiger partial charge in [0.25, 0.3) is 5.91 Å². The molecule has 1 saturated heterocycles. The molecule has 2 fully saturated rings. The van der Waals surface area contributed by atoms with Gasteiger partial charge in [0.2, 0.25) is 0 Å². The zero-order valence-corrected chi connectivity index (χ0v) is 17.8. The van der Waals surface area contributed by atoms with Crippen molar-refractivity contribution in [2.45, 2.75) is 12.2 Å². The van der Waals surface area contributed by atoms with Gasteiger partial charge < -0.3 is 14.8 Å². The first-order valence-corrected chi connectivity index (χ1v) is 10.7. The van der Waals surface area contributed by atoms with Crippen molar-refractivity contribution in [3.63, 3.8) is 0 Å². The number of carbonyl (C=O) groups is 1. The van der Waals surface area contributed by atoms with Gasteiger partial charge in [-0.3, -0.25) is 9.69 Å². The Hall–Kier alpha value is -2.02. The summed E-state index contributed by atoms with van der Waals surface area (Å²) in [6.07, 6.45) is -1.07. The van der Waals surface area contributed by atoms with Crippen molar-refractivity contribution < 1.29 is 18.7 Å². The molecule has 0 radical (unpaired) electrons. The van der Waals surface area contributed by atoms with Crippen LogP contribution in [-0.2, 0) is 4.79 Å². The summed E-state index contributed by atoms with van der Waals surface area (Å²) >= 11 is 11.7.